The van der Waals surface area contributed by atoms with E-state index in [1.165, 1.54) is 12.1 Å². The molecule has 100 valence electrons. The lowest BCUT2D eigenvalue weighted by Crippen LogP contribution is -2.30. The van der Waals surface area contributed by atoms with E-state index in [1.807, 2.05) is 24.4 Å². The summed E-state index contributed by atoms with van der Waals surface area (Å²) in [7, 11) is 0. The van der Waals surface area contributed by atoms with Crippen LogP contribution in [0.5, 0.6) is 11.5 Å². The van der Waals surface area contributed by atoms with Gasteiger partial charge in [0.05, 0.1) is 12.1 Å². The molecule has 19 heavy (non-hydrogen) atoms. The van der Waals surface area contributed by atoms with Crippen molar-refractivity contribution in [1.82, 2.24) is 4.90 Å². The van der Waals surface area contributed by atoms with E-state index < -0.39 is 0 Å². The topological polar surface area (TPSA) is 60.8 Å². The van der Waals surface area contributed by atoms with Crippen LogP contribution < -0.4 is 0 Å². The molecule has 0 unspecified atom stereocenters. The van der Waals surface area contributed by atoms with Crippen LogP contribution in [-0.2, 0) is 6.54 Å². The second-order valence-corrected chi connectivity index (χ2v) is 5.10. The fourth-order valence-corrected chi connectivity index (χ4v) is 2.51. The van der Waals surface area contributed by atoms with E-state index in [4.69, 9.17) is 0 Å². The van der Waals surface area contributed by atoms with Gasteiger partial charge in [0.25, 0.3) is 5.91 Å². The summed E-state index contributed by atoms with van der Waals surface area (Å²) < 4.78 is 0. The summed E-state index contributed by atoms with van der Waals surface area (Å²) in [6.45, 7) is 2.92. The summed E-state index contributed by atoms with van der Waals surface area (Å²) in [5.74, 6) is -0.931. The number of carbonyl (C=O) groups excluding carboxylic acids is 1. The van der Waals surface area contributed by atoms with Gasteiger partial charge in [-0.2, -0.15) is 0 Å². The zero-order valence-electron chi connectivity index (χ0n) is 10.5. The number of thiophene rings is 1. The maximum absolute atomic E-state index is 12.3. The minimum absolute atomic E-state index is 0.124. The molecule has 0 saturated carbocycles. The largest absolute Gasteiger partial charge is 0.504 e. The van der Waals surface area contributed by atoms with Gasteiger partial charge in [-0.1, -0.05) is 12.1 Å². The lowest BCUT2D eigenvalue weighted by Gasteiger charge is -2.20. The van der Waals surface area contributed by atoms with Crippen LogP contribution in [0.15, 0.2) is 35.7 Å². The summed E-state index contributed by atoms with van der Waals surface area (Å²) in [4.78, 5) is 15.0. The molecule has 2 N–H and O–H groups in total. The van der Waals surface area contributed by atoms with Crippen LogP contribution in [0.4, 0.5) is 0 Å². The van der Waals surface area contributed by atoms with Crippen LogP contribution in [-0.4, -0.2) is 27.6 Å². The average Bonchev–Trinajstić information content (AvgIpc) is 2.91. The van der Waals surface area contributed by atoms with Crippen molar-refractivity contribution in [1.29, 1.82) is 0 Å². The maximum atomic E-state index is 12.3. The Kier molecular flexibility index (Phi) is 4.06. The Hall–Kier alpha value is -2.01. The second kappa shape index (κ2) is 5.75. The molecule has 0 aliphatic rings. The van der Waals surface area contributed by atoms with Crippen LogP contribution in [0.25, 0.3) is 0 Å². The van der Waals surface area contributed by atoms with Crippen molar-refractivity contribution in [2.75, 3.05) is 6.54 Å². The third-order valence-electron chi connectivity index (χ3n) is 2.84. The molecule has 2 rings (SSSR count). The number of para-hydroxylation sites is 1. The predicted octanol–water partition coefficient (Wildman–Crippen LogP) is 2.82. The fraction of sp³-hybridized carbons (Fsp3) is 0.214. The Morgan fingerprint density at radius 1 is 1.26 bits per heavy atom. The van der Waals surface area contributed by atoms with Crippen LogP contribution in [0.3, 0.4) is 0 Å². The van der Waals surface area contributed by atoms with Crippen molar-refractivity contribution >= 4 is 17.2 Å². The Morgan fingerprint density at radius 3 is 2.68 bits per heavy atom. The first-order valence-corrected chi connectivity index (χ1v) is 6.84. The molecular formula is C14H15NO3S. The number of phenolic OH excluding ortho intramolecular Hbond substituents is 2. The van der Waals surface area contributed by atoms with Gasteiger partial charge in [-0.25, -0.2) is 0 Å². The third-order valence-corrected chi connectivity index (χ3v) is 3.70. The van der Waals surface area contributed by atoms with Crippen LogP contribution in [0, 0.1) is 0 Å². The molecule has 5 heteroatoms. The molecule has 0 fully saturated rings. The molecular weight excluding hydrogens is 262 g/mol. The van der Waals surface area contributed by atoms with E-state index in [0.29, 0.717) is 13.1 Å². The van der Waals surface area contributed by atoms with Gasteiger partial charge in [0, 0.05) is 11.4 Å². The maximum Gasteiger partial charge on any atom is 0.258 e. The number of aromatic hydroxyl groups is 2. The quantitative estimate of drug-likeness (QED) is 0.845. The van der Waals surface area contributed by atoms with E-state index in [9.17, 15) is 15.0 Å². The van der Waals surface area contributed by atoms with Crippen molar-refractivity contribution in [2.45, 2.75) is 13.5 Å². The summed E-state index contributed by atoms with van der Waals surface area (Å²) in [6.07, 6.45) is 0. The Bertz CT molecular complexity index is 566. The van der Waals surface area contributed by atoms with Crippen molar-refractivity contribution in [3.63, 3.8) is 0 Å². The third kappa shape index (κ3) is 2.88. The number of phenols is 2. The Labute approximate surface area is 115 Å². The molecule has 4 nitrogen and oxygen atoms in total. The fourth-order valence-electron chi connectivity index (χ4n) is 1.79. The monoisotopic (exact) mass is 277 g/mol. The van der Waals surface area contributed by atoms with Crippen molar-refractivity contribution in [3.05, 3.63) is 46.2 Å². The number of carbonyl (C=O) groups is 1. The molecule has 1 aromatic carbocycles. The lowest BCUT2D eigenvalue weighted by molar-refractivity contribution is 0.0750. The SMILES string of the molecule is CCN(Cc1cccs1)C(=O)c1cccc(O)c1O. The standard InChI is InChI=1S/C14H15NO3S/c1-2-15(9-10-5-4-8-19-10)14(18)11-6-3-7-12(16)13(11)17/h3-8,16-17H,2,9H2,1H3. The Morgan fingerprint density at radius 2 is 2.05 bits per heavy atom. The zero-order chi connectivity index (χ0) is 13.8. The first-order valence-electron chi connectivity index (χ1n) is 5.96. The lowest BCUT2D eigenvalue weighted by atomic mass is 10.1. The summed E-state index contributed by atoms with van der Waals surface area (Å²) in [5.41, 5.74) is 0.124. The van der Waals surface area contributed by atoms with Crippen molar-refractivity contribution in [2.24, 2.45) is 0 Å². The van der Waals surface area contributed by atoms with Gasteiger partial charge in [-0.15, -0.1) is 11.3 Å². The summed E-state index contributed by atoms with van der Waals surface area (Å²) in [5, 5.41) is 21.1. The molecule has 0 atom stereocenters. The molecule has 1 amide bonds. The molecule has 1 aromatic heterocycles. The predicted molar refractivity (Wildman–Crippen MR) is 74.5 cm³/mol. The van der Waals surface area contributed by atoms with Crippen LogP contribution in [0.1, 0.15) is 22.2 Å². The molecule has 1 heterocycles. The number of hydrogen-bond acceptors (Lipinski definition) is 4. The van der Waals surface area contributed by atoms with E-state index in [-0.39, 0.29) is 23.0 Å². The highest BCUT2D eigenvalue weighted by atomic mass is 32.1. The van der Waals surface area contributed by atoms with Gasteiger partial charge in [0.1, 0.15) is 0 Å². The van der Waals surface area contributed by atoms with E-state index in [1.54, 1.807) is 22.3 Å². The Balaban J connectivity index is 2.23. The van der Waals surface area contributed by atoms with Gasteiger partial charge in [0.2, 0.25) is 0 Å². The molecule has 0 radical (unpaired) electrons. The van der Waals surface area contributed by atoms with Gasteiger partial charge < -0.3 is 15.1 Å². The first kappa shape index (κ1) is 13.4. The molecule has 0 bridgehead atoms. The van der Waals surface area contributed by atoms with Gasteiger partial charge in [-0.05, 0) is 30.5 Å². The minimum Gasteiger partial charge on any atom is -0.504 e. The van der Waals surface area contributed by atoms with E-state index in [0.717, 1.165) is 4.88 Å². The zero-order valence-corrected chi connectivity index (χ0v) is 11.4. The second-order valence-electron chi connectivity index (χ2n) is 4.07. The van der Waals surface area contributed by atoms with Gasteiger partial charge in [-0.3, -0.25) is 4.79 Å². The average molecular weight is 277 g/mol. The van der Waals surface area contributed by atoms with Crippen LogP contribution in [0.2, 0.25) is 0 Å². The highest BCUT2D eigenvalue weighted by Crippen LogP contribution is 2.29. The molecule has 0 spiro atoms. The number of hydrogen-bond donors (Lipinski definition) is 2. The number of nitrogens with zero attached hydrogens (tertiary/aromatic N) is 1. The number of benzene rings is 1. The number of amides is 1. The first-order chi connectivity index (χ1) is 9.13. The van der Waals surface area contributed by atoms with Gasteiger partial charge in [0.15, 0.2) is 11.5 Å². The number of rotatable bonds is 4. The van der Waals surface area contributed by atoms with E-state index in [2.05, 4.69) is 0 Å². The van der Waals surface area contributed by atoms with Crippen molar-refractivity contribution in [3.8, 4) is 11.5 Å². The van der Waals surface area contributed by atoms with Crippen LogP contribution >= 0.6 is 11.3 Å². The molecule has 0 aliphatic carbocycles. The highest BCUT2D eigenvalue weighted by Gasteiger charge is 2.19. The summed E-state index contributed by atoms with van der Waals surface area (Å²) >= 11 is 1.58. The summed E-state index contributed by atoms with van der Waals surface area (Å²) in [6, 6.07) is 8.30. The highest BCUT2D eigenvalue weighted by molar-refractivity contribution is 7.09. The molecule has 2 aromatic rings. The van der Waals surface area contributed by atoms with Crippen molar-refractivity contribution < 1.29 is 15.0 Å². The van der Waals surface area contributed by atoms with E-state index >= 15 is 0 Å². The molecule has 0 aliphatic heterocycles. The minimum atomic E-state index is -0.364. The smallest absolute Gasteiger partial charge is 0.258 e. The molecule has 0 saturated heterocycles. The normalized spacial score (nSPS) is 10.4. The van der Waals surface area contributed by atoms with Gasteiger partial charge >= 0.3 is 0 Å².